The van der Waals surface area contributed by atoms with E-state index in [4.69, 9.17) is 15.2 Å². The minimum Gasteiger partial charge on any atom is -0.494 e. The van der Waals surface area contributed by atoms with Crippen molar-refractivity contribution in [2.24, 2.45) is 5.73 Å². The van der Waals surface area contributed by atoms with Gasteiger partial charge in [-0.3, -0.25) is 14.9 Å². The average molecular weight is 691 g/mol. The van der Waals surface area contributed by atoms with Crippen molar-refractivity contribution in [3.8, 4) is 5.75 Å². The highest BCUT2D eigenvalue weighted by atomic mass is 32.2. The number of nitrogens with one attached hydrogen (secondary N) is 2. The molecule has 4 rings (SSSR count). The number of rotatable bonds is 11. The van der Waals surface area contributed by atoms with Crippen molar-refractivity contribution in [2.45, 2.75) is 36.4 Å². The van der Waals surface area contributed by atoms with E-state index < -0.39 is 63.7 Å². The van der Waals surface area contributed by atoms with Crippen LogP contribution in [0, 0.1) is 11.6 Å². The number of hydrogen-bond acceptors (Lipinski definition) is 10. The fraction of sp³-hybridized carbons (Fsp3) is 0.290. The number of methoxy groups -OCH3 is 2. The summed E-state index contributed by atoms with van der Waals surface area (Å²) >= 11 is 0. The Balaban J connectivity index is 1.92. The quantitative estimate of drug-likeness (QED) is 0.210. The maximum Gasteiger partial charge on any atom is 0.506 e. The molecule has 0 unspecified atom stereocenters. The number of hydrogen-bond donors (Lipinski definition) is 4. The monoisotopic (exact) mass is 690 g/mol. The van der Waals surface area contributed by atoms with E-state index in [0.717, 1.165) is 36.3 Å². The molecule has 256 valence electrons. The molecular weight excluding hydrogens is 658 g/mol. The topological polar surface area (TPSA) is 204 Å². The molecule has 1 aliphatic heterocycles. The van der Waals surface area contributed by atoms with Crippen molar-refractivity contribution in [1.29, 1.82) is 0 Å². The van der Waals surface area contributed by atoms with Crippen molar-refractivity contribution in [3.63, 3.8) is 0 Å². The molecule has 3 aromatic carbocycles. The molecule has 0 aliphatic carbocycles. The molecule has 1 fully saturated rings. The van der Waals surface area contributed by atoms with Crippen LogP contribution in [-0.4, -0.2) is 75.1 Å². The first kappa shape index (κ1) is 35.4. The molecule has 1 aliphatic rings. The van der Waals surface area contributed by atoms with Gasteiger partial charge in [0.05, 0.1) is 36.6 Å². The van der Waals surface area contributed by atoms with Crippen LogP contribution in [0.2, 0.25) is 0 Å². The number of primary amides is 1. The first-order valence-corrected chi connectivity index (χ1v) is 16.0. The van der Waals surface area contributed by atoms with E-state index in [0.29, 0.717) is 0 Å². The summed E-state index contributed by atoms with van der Waals surface area (Å²) in [5, 5.41) is 14.7. The molecule has 3 atom stereocenters. The highest BCUT2D eigenvalue weighted by Gasteiger charge is 2.45. The van der Waals surface area contributed by atoms with Crippen LogP contribution in [0.4, 0.5) is 29.7 Å². The summed E-state index contributed by atoms with van der Waals surface area (Å²) in [5.41, 5.74) is 4.98. The largest absolute Gasteiger partial charge is 0.506 e. The third-order valence-electron chi connectivity index (χ3n) is 7.66. The minimum absolute atomic E-state index is 0.0589. The van der Waals surface area contributed by atoms with Crippen LogP contribution in [-0.2, 0) is 24.1 Å². The zero-order valence-corrected chi connectivity index (χ0v) is 26.7. The number of anilines is 2. The summed E-state index contributed by atoms with van der Waals surface area (Å²) in [5.74, 6) is -4.02. The molecule has 0 bridgehead atoms. The van der Waals surface area contributed by atoms with Crippen LogP contribution in [0.1, 0.15) is 46.9 Å². The lowest BCUT2D eigenvalue weighted by atomic mass is 9.99. The van der Waals surface area contributed by atoms with E-state index >= 15 is 4.39 Å². The molecule has 3 aromatic rings. The Kier molecular flexibility index (Phi) is 10.7. The maximum atomic E-state index is 15.1. The van der Waals surface area contributed by atoms with Crippen molar-refractivity contribution >= 4 is 45.3 Å². The van der Waals surface area contributed by atoms with E-state index in [1.807, 2.05) is 0 Å². The number of nitrogens with zero attached hydrogens (tertiary/aromatic N) is 1. The van der Waals surface area contributed by atoms with Gasteiger partial charge in [0, 0.05) is 24.2 Å². The number of nitrogens with two attached hydrogens (primary N) is 1. The van der Waals surface area contributed by atoms with Crippen molar-refractivity contribution in [2.75, 3.05) is 37.2 Å². The van der Waals surface area contributed by atoms with Crippen LogP contribution >= 0.6 is 0 Å². The number of halogens is 2. The lowest BCUT2D eigenvalue weighted by Crippen LogP contribution is -2.40. The van der Waals surface area contributed by atoms with E-state index in [9.17, 15) is 37.1 Å². The maximum absolute atomic E-state index is 15.1. The second kappa shape index (κ2) is 14.5. The van der Waals surface area contributed by atoms with Crippen molar-refractivity contribution < 1.29 is 55.7 Å². The van der Waals surface area contributed by atoms with Crippen LogP contribution in [0.25, 0.3) is 0 Å². The summed E-state index contributed by atoms with van der Waals surface area (Å²) in [6.45, 7) is 1.21. The average Bonchev–Trinajstić information content (AvgIpc) is 3.46. The van der Waals surface area contributed by atoms with Gasteiger partial charge in [0.2, 0.25) is 11.8 Å². The summed E-state index contributed by atoms with van der Waals surface area (Å²) < 4.78 is 70.9. The molecule has 0 saturated carbocycles. The first-order chi connectivity index (χ1) is 22.7. The number of sulfone groups is 1. The Bertz CT molecular complexity index is 1860. The summed E-state index contributed by atoms with van der Waals surface area (Å²) in [6, 6.07) is 7.39. The molecule has 0 spiro atoms. The van der Waals surface area contributed by atoms with Gasteiger partial charge in [0.1, 0.15) is 18.0 Å². The Labute approximate surface area is 273 Å². The second-order valence-corrected chi connectivity index (χ2v) is 12.7. The molecule has 0 aromatic heterocycles. The van der Waals surface area contributed by atoms with Gasteiger partial charge in [-0.1, -0.05) is 13.0 Å². The van der Waals surface area contributed by atoms with Crippen molar-refractivity contribution in [1.82, 2.24) is 4.90 Å². The van der Waals surface area contributed by atoms with Crippen LogP contribution in [0.15, 0.2) is 59.5 Å². The lowest BCUT2D eigenvalue weighted by molar-refractivity contribution is -0.134. The van der Waals surface area contributed by atoms with Crippen LogP contribution in [0.3, 0.4) is 0 Å². The number of carbonyl (C=O) groups is 4. The Hall–Kier alpha value is -5.45. The molecular formula is C31H32F2N4O10S. The van der Waals surface area contributed by atoms with Gasteiger partial charge < -0.3 is 35.3 Å². The number of ether oxygens (including phenoxy) is 3. The predicted octanol–water partition coefficient (Wildman–Crippen LogP) is 4.23. The van der Waals surface area contributed by atoms with E-state index in [1.165, 1.54) is 44.4 Å². The summed E-state index contributed by atoms with van der Waals surface area (Å²) in [6.07, 6.45) is -3.98. The lowest BCUT2D eigenvalue weighted by Gasteiger charge is -2.33. The van der Waals surface area contributed by atoms with Crippen LogP contribution < -0.4 is 21.1 Å². The molecule has 0 radical (unpaired) electrons. The van der Waals surface area contributed by atoms with E-state index in [2.05, 4.69) is 15.4 Å². The van der Waals surface area contributed by atoms with Gasteiger partial charge in [-0.05, 0) is 59.7 Å². The minimum atomic E-state index is -4.02. The molecule has 3 amide bonds. The molecule has 1 saturated heterocycles. The van der Waals surface area contributed by atoms with E-state index in [1.54, 1.807) is 0 Å². The summed E-state index contributed by atoms with van der Waals surface area (Å²) in [7, 11) is -1.72. The number of carboxylic acid groups (broad SMARTS) is 1. The Morgan fingerprint density at radius 2 is 1.75 bits per heavy atom. The van der Waals surface area contributed by atoms with Gasteiger partial charge in [-0.25, -0.2) is 26.8 Å². The fourth-order valence-electron chi connectivity index (χ4n) is 5.35. The summed E-state index contributed by atoms with van der Waals surface area (Å²) in [4.78, 5) is 51.1. The van der Waals surface area contributed by atoms with Gasteiger partial charge in [0.25, 0.3) is 0 Å². The normalized spacial score (nSPS) is 16.5. The van der Waals surface area contributed by atoms with Gasteiger partial charge >= 0.3 is 12.2 Å². The van der Waals surface area contributed by atoms with Gasteiger partial charge in [-0.2, -0.15) is 0 Å². The second-order valence-electron chi connectivity index (χ2n) is 10.5. The highest BCUT2D eigenvalue weighted by molar-refractivity contribution is 7.91. The van der Waals surface area contributed by atoms with Crippen LogP contribution in [0.5, 0.6) is 5.75 Å². The smallest absolute Gasteiger partial charge is 0.494 e. The zero-order chi connectivity index (χ0) is 35.3. The van der Waals surface area contributed by atoms with E-state index in [-0.39, 0.29) is 57.4 Å². The van der Waals surface area contributed by atoms with Gasteiger partial charge in [-0.15, -0.1) is 0 Å². The third-order valence-corrected chi connectivity index (χ3v) is 9.46. The van der Waals surface area contributed by atoms with Crippen molar-refractivity contribution in [3.05, 3.63) is 82.9 Å². The Morgan fingerprint density at radius 1 is 1.04 bits per heavy atom. The number of amides is 3. The molecule has 1 heterocycles. The standard InChI is InChI=1S/C31H32F2N4O10S/c1-4-48(43,44)25-10-7-18(35-30(40)46-3)15-19(25)27-23(47-31(41)42)11-12-37(27)29(39)26(16-5-9-21(33)24(14-16)45-2)36-22-13-17(28(34)38)6-8-20(22)32/h5-10,13-15,23,26-27,36H,4,11-12H2,1-3H3,(H2,34,38)(H,35,40)(H,41,42)/t23-,26+,27+/m0/s1. The Morgan fingerprint density at radius 3 is 2.38 bits per heavy atom. The molecule has 48 heavy (non-hydrogen) atoms. The van der Waals surface area contributed by atoms with Gasteiger partial charge in [0.15, 0.2) is 21.4 Å². The third kappa shape index (κ3) is 7.57. The predicted molar refractivity (Wildman–Crippen MR) is 166 cm³/mol. The molecule has 17 heteroatoms. The highest BCUT2D eigenvalue weighted by Crippen LogP contribution is 2.41. The molecule has 14 nitrogen and oxygen atoms in total. The number of likely N-dealkylation sites (tertiary alicyclic amines) is 1. The number of benzene rings is 3. The zero-order valence-electron chi connectivity index (χ0n) is 25.9. The molecule has 5 N–H and O–H groups in total. The number of carbonyl (C=O) groups excluding carboxylic acids is 3. The first-order valence-electron chi connectivity index (χ1n) is 14.3. The fourth-order valence-corrected chi connectivity index (χ4v) is 6.48. The SMILES string of the molecule is CCS(=O)(=O)c1ccc(NC(=O)OC)cc1[C@@H]1[C@@H](OC(=O)O)CCN1C(=O)[C@H](Nc1cc(C(N)=O)ccc1F)c1ccc(F)c(OC)c1.